The Balaban J connectivity index is 1.45. The van der Waals surface area contributed by atoms with Crippen molar-refractivity contribution in [2.45, 2.75) is 32.0 Å². The van der Waals surface area contributed by atoms with Gasteiger partial charge in [0, 0.05) is 37.5 Å². The number of rotatable bonds is 5. The fourth-order valence-electron chi connectivity index (χ4n) is 4.10. The molecule has 2 aromatic rings. The molecule has 0 aliphatic carbocycles. The van der Waals surface area contributed by atoms with E-state index in [-0.39, 0.29) is 17.4 Å². The van der Waals surface area contributed by atoms with Gasteiger partial charge in [0.05, 0.1) is 31.1 Å². The van der Waals surface area contributed by atoms with E-state index in [0.29, 0.717) is 31.9 Å². The van der Waals surface area contributed by atoms with Crippen LogP contribution in [0.2, 0.25) is 0 Å². The topological polar surface area (TPSA) is 64.8 Å². The summed E-state index contributed by atoms with van der Waals surface area (Å²) in [4.78, 5) is 18.8. The van der Waals surface area contributed by atoms with Crippen molar-refractivity contribution in [3.05, 3.63) is 54.2 Å². The van der Waals surface area contributed by atoms with Crippen molar-refractivity contribution in [3.8, 4) is 0 Å². The number of piperidine rings is 1. The number of carbonyl (C=O) groups is 1. The van der Waals surface area contributed by atoms with E-state index in [1.165, 1.54) is 12.5 Å². The van der Waals surface area contributed by atoms with E-state index in [1.807, 2.05) is 23.2 Å². The Bertz CT molecular complexity index is 719. The van der Waals surface area contributed by atoms with E-state index < -0.39 is 0 Å². The molecule has 6 nitrogen and oxygen atoms in total. The van der Waals surface area contributed by atoms with Crippen LogP contribution in [0.3, 0.4) is 0 Å². The number of amides is 1. The Hall–Kier alpha value is -2.18. The summed E-state index contributed by atoms with van der Waals surface area (Å²) in [6, 6.07) is 5.64. The maximum atomic E-state index is 12.7. The van der Waals surface area contributed by atoms with E-state index >= 15 is 0 Å². The fourth-order valence-corrected chi connectivity index (χ4v) is 4.10. The monoisotopic (exact) mass is 356 g/mol. The van der Waals surface area contributed by atoms with Gasteiger partial charge in [-0.05, 0) is 37.0 Å². The van der Waals surface area contributed by atoms with Crippen LogP contribution in [-0.4, -0.2) is 48.2 Å². The molecule has 2 fully saturated rings. The SMILES string of the molecule is O=C(c1ccoc1)N1CCC2OCCCC2(COCc2cccnc2)C1. The molecule has 4 heterocycles. The number of furan rings is 1. The van der Waals surface area contributed by atoms with Crippen LogP contribution in [-0.2, 0) is 16.1 Å². The molecule has 0 radical (unpaired) electrons. The minimum atomic E-state index is -0.141. The van der Waals surface area contributed by atoms with Gasteiger partial charge in [0.2, 0.25) is 0 Å². The molecule has 2 saturated heterocycles. The van der Waals surface area contributed by atoms with Crippen molar-refractivity contribution >= 4 is 5.91 Å². The second-order valence-electron chi connectivity index (χ2n) is 7.21. The lowest BCUT2D eigenvalue weighted by atomic mass is 9.73. The van der Waals surface area contributed by atoms with Crippen molar-refractivity contribution in [2.75, 3.05) is 26.3 Å². The summed E-state index contributed by atoms with van der Waals surface area (Å²) >= 11 is 0. The molecule has 1 amide bonds. The zero-order chi connectivity index (χ0) is 17.8. The highest BCUT2D eigenvalue weighted by molar-refractivity contribution is 5.93. The first kappa shape index (κ1) is 17.2. The highest BCUT2D eigenvalue weighted by Gasteiger charge is 2.47. The third-order valence-electron chi connectivity index (χ3n) is 5.42. The van der Waals surface area contributed by atoms with Gasteiger partial charge >= 0.3 is 0 Å². The van der Waals surface area contributed by atoms with Gasteiger partial charge in [-0.15, -0.1) is 0 Å². The minimum absolute atomic E-state index is 0.0226. The Morgan fingerprint density at radius 2 is 2.38 bits per heavy atom. The Morgan fingerprint density at radius 3 is 3.19 bits per heavy atom. The van der Waals surface area contributed by atoms with Crippen molar-refractivity contribution in [1.29, 1.82) is 0 Å². The van der Waals surface area contributed by atoms with E-state index in [2.05, 4.69) is 4.98 Å². The number of aromatic nitrogens is 1. The summed E-state index contributed by atoms with van der Waals surface area (Å²) in [5, 5.41) is 0. The lowest BCUT2D eigenvalue weighted by molar-refractivity contribution is -0.148. The van der Waals surface area contributed by atoms with E-state index in [1.54, 1.807) is 12.3 Å². The fraction of sp³-hybridized carbons (Fsp3) is 0.500. The average molecular weight is 356 g/mol. The molecule has 0 N–H and O–H groups in total. The molecule has 4 rings (SSSR count). The zero-order valence-corrected chi connectivity index (χ0v) is 14.8. The molecule has 0 aromatic carbocycles. The lowest BCUT2D eigenvalue weighted by Crippen LogP contribution is -2.58. The highest BCUT2D eigenvalue weighted by atomic mass is 16.5. The Labute approximate surface area is 153 Å². The van der Waals surface area contributed by atoms with Crippen molar-refractivity contribution in [2.24, 2.45) is 5.41 Å². The normalized spacial score (nSPS) is 25.7. The van der Waals surface area contributed by atoms with Crippen LogP contribution in [0.25, 0.3) is 0 Å². The van der Waals surface area contributed by atoms with Crippen LogP contribution in [0.5, 0.6) is 0 Å². The second kappa shape index (κ2) is 7.60. The standard InChI is InChI=1S/C20H24N2O4/c23-19(17-5-10-24-13-17)22-8-4-18-20(14-22,6-2-9-26-18)15-25-12-16-3-1-7-21-11-16/h1,3,5,7,10-11,13,18H,2,4,6,8-9,12,14-15H2. The summed E-state index contributed by atoms with van der Waals surface area (Å²) in [6.07, 6.45) is 9.64. The Morgan fingerprint density at radius 1 is 1.42 bits per heavy atom. The van der Waals surface area contributed by atoms with E-state index in [0.717, 1.165) is 31.4 Å². The molecular weight excluding hydrogens is 332 g/mol. The molecule has 2 unspecified atom stereocenters. The van der Waals surface area contributed by atoms with Crippen LogP contribution in [0.15, 0.2) is 47.5 Å². The van der Waals surface area contributed by atoms with Gasteiger partial charge in [-0.25, -0.2) is 0 Å². The number of pyridine rings is 1. The molecule has 2 aliphatic heterocycles. The maximum absolute atomic E-state index is 12.7. The third-order valence-corrected chi connectivity index (χ3v) is 5.42. The zero-order valence-electron chi connectivity index (χ0n) is 14.8. The molecule has 0 bridgehead atoms. The van der Waals surface area contributed by atoms with Crippen LogP contribution in [0.1, 0.15) is 35.2 Å². The predicted octanol–water partition coefficient (Wildman–Crippen LogP) is 2.90. The largest absolute Gasteiger partial charge is 0.472 e. The summed E-state index contributed by atoms with van der Waals surface area (Å²) in [5.41, 5.74) is 1.52. The predicted molar refractivity (Wildman–Crippen MR) is 94.5 cm³/mol. The smallest absolute Gasteiger partial charge is 0.257 e. The summed E-state index contributed by atoms with van der Waals surface area (Å²) in [6.45, 7) is 3.28. The van der Waals surface area contributed by atoms with Gasteiger partial charge in [0.15, 0.2) is 0 Å². The molecule has 2 atom stereocenters. The van der Waals surface area contributed by atoms with E-state index in [4.69, 9.17) is 13.9 Å². The number of fused-ring (bicyclic) bond motifs is 1. The first-order valence-corrected chi connectivity index (χ1v) is 9.17. The van der Waals surface area contributed by atoms with Crippen LogP contribution in [0, 0.1) is 5.41 Å². The molecular formula is C20H24N2O4. The lowest BCUT2D eigenvalue weighted by Gasteiger charge is -2.50. The number of ether oxygens (including phenoxy) is 2. The van der Waals surface area contributed by atoms with Crippen LogP contribution < -0.4 is 0 Å². The van der Waals surface area contributed by atoms with E-state index in [9.17, 15) is 4.79 Å². The quantitative estimate of drug-likeness (QED) is 0.824. The van der Waals surface area contributed by atoms with Gasteiger partial charge in [0.25, 0.3) is 5.91 Å². The van der Waals surface area contributed by atoms with Gasteiger partial charge in [-0.1, -0.05) is 6.07 Å². The number of hydrogen-bond donors (Lipinski definition) is 0. The first-order chi connectivity index (χ1) is 12.8. The van der Waals surface area contributed by atoms with Crippen LogP contribution >= 0.6 is 0 Å². The van der Waals surface area contributed by atoms with Gasteiger partial charge in [-0.2, -0.15) is 0 Å². The van der Waals surface area contributed by atoms with Crippen LogP contribution in [0.4, 0.5) is 0 Å². The van der Waals surface area contributed by atoms with Crippen molar-refractivity contribution in [3.63, 3.8) is 0 Å². The molecule has 138 valence electrons. The first-order valence-electron chi connectivity index (χ1n) is 9.17. The molecule has 6 heteroatoms. The number of likely N-dealkylation sites (tertiary alicyclic amines) is 1. The summed E-state index contributed by atoms with van der Waals surface area (Å²) in [5.74, 6) is 0.0226. The molecule has 2 aliphatic rings. The third kappa shape index (κ3) is 3.52. The maximum Gasteiger partial charge on any atom is 0.257 e. The number of carbonyl (C=O) groups excluding carboxylic acids is 1. The Kier molecular flexibility index (Phi) is 5.04. The van der Waals surface area contributed by atoms with Gasteiger partial charge in [-0.3, -0.25) is 9.78 Å². The van der Waals surface area contributed by atoms with Crippen molar-refractivity contribution < 1.29 is 18.7 Å². The van der Waals surface area contributed by atoms with Crippen molar-refractivity contribution in [1.82, 2.24) is 9.88 Å². The average Bonchev–Trinajstić information content (AvgIpc) is 3.22. The van der Waals surface area contributed by atoms with Gasteiger partial charge < -0.3 is 18.8 Å². The number of nitrogens with zero attached hydrogens (tertiary/aromatic N) is 2. The summed E-state index contributed by atoms with van der Waals surface area (Å²) < 4.78 is 17.2. The number of hydrogen-bond acceptors (Lipinski definition) is 5. The molecule has 0 spiro atoms. The van der Waals surface area contributed by atoms with Gasteiger partial charge in [0.1, 0.15) is 6.26 Å². The molecule has 26 heavy (non-hydrogen) atoms. The second-order valence-corrected chi connectivity index (χ2v) is 7.21. The highest BCUT2D eigenvalue weighted by Crippen LogP contribution is 2.41. The molecule has 2 aromatic heterocycles. The summed E-state index contributed by atoms with van der Waals surface area (Å²) in [7, 11) is 0. The molecule has 0 saturated carbocycles. The minimum Gasteiger partial charge on any atom is -0.472 e.